The Morgan fingerprint density at radius 1 is 1.21 bits per heavy atom. The summed E-state index contributed by atoms with van der Waals surface area (Å²) in [6.07, 6.45) is 4.46. The third-order valence-electron chi connectivity index (χ3n) is 6.98. The van der Waals surface area contributed by atoms with Gasteiger partial charge in [-0.3, -0.25) is 4.79 Å². The Hall–Kier alpha value is -3.46. The molecule has 2 aliphatic rings. The second kappa shape index (κ2) is 8.09. The molecule has 1 aromatic carbocycles. The molecule has 1 aliphatic heterocycles. The summed E-state index contributed by atoms with van der Waals surface area (Å²) in [7, 11) is 0. The lowest BCUT2D eigenvalue weighted by Gasteiger charge is -2.31. The highest BCUT2D eigenvalue weighted by atomic mass is 79.9. The zero-order valence-electron chi connectivity index (χ0n) is 18.2. The van der Waals surface area contributed by atoms with E-state index >= 15 is 0 Å². The van der Waals surface area contributed by atoms with Gasteiger partial charge in [0.1, 0.15) is 16.2 Å². The van der Waals surface area contributed by atoms with E-state index < -0.39 is 18.1 Å². The Morgan fingerprint density at radius 2 is 2.06 bits per heavy atom. The predicted molar refractivity (Wildman–Crippen MR) is 130 cm³/mol. The lowest BCUT2D eigenvalue weighted by molar-refractivity contribution is -0.121. The Morgan fingerprint density at radius 3 is 2.85 bits per heavy atom. The van der Waals surface area contributed by atoms with Crippen LogP contribution in [0.5, 0.6) is 0 Å². The Labute approximate surface area is 203 Å². The molecule has 6 rings (SSSR count). The normalized spacial score (nSPS) is 21.8. The third-order valence-corrected chi connectivity index (χ3v) is 7.45. The highest BCUT2D eigenvalue weighted by Gasteiger charge is 2.41. The standard InChI is InChI=1S/C25H22BrN5O3/c26-21-6-3-15(11-27-21)14-2-4-17-19(9-14)29-24(28-17)16-10-20(32)22-18(30-25(33)34)5-1-13-7-8-31(12-16)23(13)22/h2-4,6-9,11,16,18,22,30H,1,5,10,12H2,(H,28,29)(H,33,34)/t16-,18-,22?/m0/s1. The molecule has 3 N–H and O–H groups in total. The first-order valence-corrected chi connectivity index (χ1v) is 12.1. The minimum absolute atomic E-state index is 0.0595. The van der Waals surface area contributed by atoms with Crippen LogP contribution in [-0.2, 0) is 17.8 Å². The van der Waals surface area contributed by atoms with Crippen molar-refractivity contribution in [2.24, 2.45) is 0 Å². The number of pyridine rings is 1. The number of H-pyrrole nitrogens is 1. The molecule has 172 valence electrons. The number of aryl methyl sites for hydroxylation is 1. The molecule has 0 spiro atoms. The average Bonchev–Trinajstić information content (AvgIpc) is 3.38. The lowest BCUT2D eigenvalue weighted by Crippen LogP contribution is -2.44. The fourth-order valence-electron chi connectivity index (χ4n) is 5.44. The van der Waals surface area contributed by atoms with Gasteiger partial charge in [-0.15, -0.1) is 0 Å². The van der Waals surface area contributed by atoms with Gasteiger partial charge in [-0.25, -0.2) is 14.8 Å². The number of ketones is 1. The highest BCUT2D eigenvalue weighted by molar-refractivity contribution is 9.10. The molecule has 1 amide bonds. The Kier molecular flexibility index (Phi) is 5.02. The zero-order chi connectivity index (χ0) is 23.4. The summed E-state index contributed by atoms with van der Waals surface area (Å²) in [6.45, 7) is 0.626. The topological polar surface area (TPSA) is 113 Å². The fraction of sp³-hybridized carbons (Fsp3) is 0.280. The van der Waals surface area contributed by atoms with Crippen LogP contribution in [0.4, 0.5) is 4.79 Å². The molecule has 9 heteroatoms. The fourth-order valence-corrected chi connectivity index (χ4v) is 5.68. The average molecular weight is 520 g/mol. The number of carboxylic acid groups (broad SMARTS) is 1. The van der Waals surface area contributed by atoms with Crippen LogP contribution in [0.15, 0.2) is 53.4 Å². The molecule has 0 fully saturated rings. The van der Waals surface area contributed by atoms with Crippen LogP contribution in [0.3, 0.4) is 0 Å². The van der Waals surface area contributed by atoms with Gasteiger partial charge in [0, 0.05) is 48.6 Å². The maximum atomic E-state index is 13.5. The summed E-state index contributed by atoms with van der Waals surface area (Å²) in [5, 5.41) is 11.9. The number of aromatic amines is 1. The van der Waals surface area contributed by atoms with Crippen molar-refractivity contribution in [1.82, 2.24) is 24.8 Å². The summed E-state index contributed by atoms with van der Waals surface area (Å²) >= 11 is 3.37. The molecule has 0 saturated heterocycles. The number of nitrogens with one attached hydrogen (secondary N) is 2. The van der Waals surface area contributed by atoms with Gasteiger partial charge in [-0.05, 0) is 64.2 Å². The largest absolute Gasteiger partial charge is 0.465 e. The van der Waals surface area contributed by atoms with Crippen LogP contribution in [-0.4, -0.2) is 42.5 Å². The SMILES string of the molecule is O=C(O)N[C@H]1CCc2ccn3c2C1C(=O)C[C@H](c1nc2ccc(-c4ccc(Br)nc4)cc2[nH]1)C3. The molecular formula is C25H22BrN5O3. The van der Waals surface area contributed by atoms with Crippen molar-refractivity contribution in [3.8, 4) is 11.1 Å². The number of halogens is 1. The number of hydrogen-bond acceptors (Lipinski definition) is 4. The minimum Gasteiger partial charge on any atom is -0.465 e. The third kappa shape index (κ3) is 3.60. The van der Waals surface area contributed by atoms with Crippen LogP contribution in [0.25, 0.3) is 22.2 Å². The van der Waals surface area contributed by atoms with E-state index in [1.807, 2.05) is 36.7 Å². The molecule has 4 aromatic rings. The van der Waals surface area contributed by atoms with Gasteiger partial charge in [0.25, 0.3) is 0 Å². The van der Waals surface area contributed by atoms with Crippen molar-refractivity contribution in [1.29, 1.82) is 0 Å². The predicted octanol–water partition coefficient (Wildman–Crippen LogP) is 4.61. The van der Waals surface area contributed by atoms with Crippen LogP contribution in [0, 0.1) is 0 Å². The number of rotatable bonds is 3. The van der Waals surface area contributed by atoms with Crippen molar-refractivity contribution in [2.45, 2.75) is 43.7 Å². The van der Waals surface area contributed by atoms with E-state index in [1.165, 1.54) is 0 Å². The summed E-state index contributed by atoms with van der Waals surface area (Å²) < 4.78 is 2.91. The molecule has 0 saturated carbocycles. The lowest BCUT2D eigenvalue weighted by atomic mass is 9.79. The molecule has 1 aliphatic carbocycles. The number of amides is 1. The number of benzene rings is 1. The van der Waals surface area contributed by atoms with Crippen molar-refractivity contribution in [3.05, 3.63) is 70.5 Å². The molecule has 3 atom stereocenters. The summed E-state index contributed by atoms with van der Waals surface area (Å²) in [5.41, 5.74) is 5.89. The van der Waals surface area contributed by atoms with Gasteiger partial charge >= 0.3 is 6.09 Å². The monoisotopic (exact) mass is 519 g/mol. The van der Waals surface area contributed by atoms with E-state index in [1.54, 1.807) is 0 Å². The van der Waals surface area contributed by atoms with Crippen molar-refractivity contribution >= 4 is 38.8 Å². The molecule has 1 unspecified atom stereocenters. The molecule has 3 aromatic heterocycles. The highest BCUT2D eigenvalue weighted by Crippen LogP contribution is 2.40. The molecular weight excluding hydrogens is 498 g/mol. The van der Waals surface area contributed by atoms with Crippen LogP contribution in [0.1, 0.15) is 41.8 Å². The van der Waals surface area contributed by atoms with Crippen LogP contribution in [0.2, 0.25) is 0 Å². The van der Waals surface area contributed by atoms with Crippen molar-refractivity contribution in [3.63, 3.8) is 0 Å². The van der Waals surface area contributed by atoms with E-state index in [9.17, 15) is 14.7 Å². The van der Waals surface area contributed by atoms with E-state index in [2.05, 4.69) is 47.9 Å². The van der Waals surface area contributed by atoms with Gasteiger partial charge in [-0.1, -0.05) is 12.1 Å². The quantitative estimate of drug-likeness (QED) is 0.342. The second-order valence-corrected chi connectivity index (χ2v) is 9.85. The Balaban J connectivity index is 1.35. The minimum atomic E-state index is -1.09. The number of hydrogen-bond donors (Lipinski definition) is 3. The number of Topliss-reactive ketones (excluding diaryl/α,β-unsaturated/α-hetero) is 1. The second-order valence-electron chi connectivity index (χ2n) is 9.04. The number of carbonyl (C=O) groups excluding carboxylic acids is 1. The van der Waals surface area contributed by atoms with Gasteiger partial charge in [-0.2, -0.15) is 0 Å². The van der Waals surface area contributed by atoms with Gasteiger partial charge < -0.3 is 20.0 Å². The summed E-state index contributed by atoms with van der Waals surface area (Å²) in [6, 6.07) is 11.6. The number of imidazole rings is 1. The van der Waals surface area contributed by atoms with E-state index in [0.717, 1.165) is 50.3 Å². The number of aromatic nitrogens is 4. The number of fused-ring (bicyclic) bond motifs is 1. The van der Waals surface area contributed by atoms with E-state index in [-0.39, 0.29) is 11.7 Å². The maximum absolute atomic E-state index is 13.5. The Bertz CT molecular complexity index is 1420. The molecule has 34 heavy (non-hydrogen) atoms. The van der Waals surface area contributed by atoms with Crippen LogP contribution < -0.4 is 5.32 Å². The smallest absolute Gasteiger partial charge is 0.404 e. The van der Waals surface area contributed by atoms with E-state index in [4.69, 9.17) is 4.98 Å². The number of nitrogens with zero attached hydrogens (tertiary/aromatic N) is 3. The zero-order valence-corrected chi connectivity index (χ0v) is 19.7. The molecule has 0 radical (unpaired) electrons. The number of carbonyl (C=O) groups is 2. The first-order chi connectivity index (χ1) is 16.5. The first kappa shape index (κ1) is 21.1. The summed E-state index contributed by atoms with van der Waals surface area (Å²) in [5.74, 6) is 0.258. The molecule has 4 heterocycles. The van der Waals surface area contributed by atoms with Gasteiger partial charge in [0.05, 0.1) is 17.0 Å². The van der Waals surface area contributed by atoms with Crippen molar-refractivity contribution < 1.29 is 14.7 Å². The first-order valence-electron chi connectivity index (χ1n) is 11.3. The molecule has 0 bridgehead atoms. The van der Waals surface area contributed by atoms with E-state index in [0.29, 0.717) is 19.4 Å². The van der Waals surface area contributed by atoms with Gasteiger partial charge in [0.15, 0.2) is 0 Å². The van der Waals surface area contributed by atoms with Crippen molar-refractivity contribution in [2.75, 3.05) is 0 Å². The maximum Gasteiger partial charge on any atom is 0.404 e. The van der Waals surface area contributed by atoms with Crippen LogP contribution >= 0.6 is 15.9 Å². The van der Waals surface area contributed by atoms with Gasteiger partial charge in [0.2, 0.25) is 0 Å². The summed E-state index contributed by atoms with van der Waals surface area (Å²) in [4.78, 5) is 37.4. The molecule has 8 nitrogen and oxygen atoms in total.